The molecule has 1 saturated heterocycles. The van der Waals surface area contributed by atoms with Crippen LogP contribution in [0.15, 0.2) is 24.3 Å². The number of nitriles is 1. The topological polar surface area (TPSA) is 56.1 Å². The van der Waals surface area contributed by atoms with E-state index in [9.17, 15) is 4.79 Å². The smallest absolute Gasteiger partial charge is 0.237 e. The van der Waals surface area contributed by atoms with Crippen molar-refractivity contribution in [3.05, 3.63) is 35.4 Å². The summed E-state index contributed by atoms with van der Waals surface area (Å²) in [6.45, 7) is 6.75. The number of piperazine rings is 1. The fourth-order valence-electron chi connectivity index (χ4n) is 2.49. The Morgan fingerprint density at radius 3 is 2.79 bits per heavy atom. The lowest BCUT2D eigenvalue weighted by Crippen LogP contribution is -2.62. The Morgan fingerprint density at radius 1 is 1.37 bits per heavy atom. The Kier molecular flexibility index (Phi) is 3.87. The van der Waals surface area contributed by atoms with Gasteiger partial charge in [0, 0.05) is 18.6 Å². The summed E-state index contributed by atoms with van der Waals surface area (Å²) >= 11 is 0. The van der Waals surface area contributed by atoms with Crippen molar-refractivity contribution in [1.82, 2.24) is 10.2 Å². The van der Waals surface area contributed by atoms with Gasteiger partial charge in [0.25, 0.3) is 0 Å². The summed E-state index contributed by atoms with van der Waals surface area (Å²) in [7, 11) is 0. The van der Waals surface area contributed by atoms with Crippen LogP contribution in [0.4, 0.5) is 0 Å². The Labute approximate surface area is 114 Å². The average molecular weight is 257 g/mol. The standard InChI is InChI=1S/C15H19N3O/c1-10-11(2)18(12(3)15(19)17-10)9-14-6-4-5-13(7-14)8-16/h4-7,10-12H,9H2,1-3H3,(H,17,19)/t10-,11-,12+/m0/s1. The molecule has 1 aliphatic heterocycles. The van der Waals surface area contributed by atoms with E-state index in [2.05, 4.69) is 23.2 Å². The Balaban J connectivity index is 2.20. The van der Waals surface area contributed by atoms with Gasteiger partial charge in [-0.2, -0.15) is 5.26 Å². The quantitative estimate of drug-likeness (QED) is 0.876. The summed E-state index contributed by atoms with van der Waals surface area (Å²) in [4.78, 5) is 14.0. The average Bonchev–Trinajstić information content (AvgIpc) is 2.41. The summed E-state index contributed by atoms with van der Waals surface area (Å²) < 4.78 is 0. The van der Waals surface area contributed by atoms with Crippen LogP contribution in [0.5, 0.6) is 0 Å². The summed E-state index contributed by atoms with van der Waals surface area (Å²) in [6.07, 6.45) is 0. The number of amides is 1. The molecule has 19 heavy (non-hydrogen) atoms. The first-order valence-corrected chi connectivity index (χ1v) is 6.58. The van der Waals surface area contributed by atoms with Crippen molar-refractivity contribution in [3.8, 4) is 6.07 Å². The van der Waals surface area contributed by atoms with Gasteiger partial charge in [0.15, 0.2) is 0 Å². The highest BCUT2D eigenvalue weighted by Gasteiger charge is 2.34. The Bertz CT molecular complexity index is 520. The predicted octanol–water partition coefficient (Wildman–Crippen LogP) is 1.66. The van der Waals surface area contributed by atoms with E-state index in [1.807, 2.05) is 32.0 Å². The number of carbonyl (C=O) groups excluding carboxylic acids is 1. The number of carbonyl (C=O) groups is 1. The molecule has 0 saturated carbocycles. The van der Waals surface area contributed by atoms with Crippen LogP contribution in [0.3, 0.4) is 0 Å². The molecule has 1 amide bonds. The lowest BCUT2D eigenvalue weighted by Gasteiger charge is -2.42. The molecule has 1 fully saturated rings. The zero-order valence-electron chi connectivity index (χ0n) is 11.6. The SMILES string of the molecule is C[C@@H]1NC(=O)[C@@H](C)N(Cc2cccc(C#N)c2)[C@H]1C. The van der Waals surface area contributed by atoms with Crippen molar-refractivity contribution < 1.29 is 4.79 Å². The van der Waals surface area contributed by atoms with Gasteiger partial charge in [0.2, 0.25) is 5.91 Å². The zero-order valence-corrected chi connectivity index (χ0v) is 11.6. The molecule has 1 heterocycles. The molecule has 100 valence electrons. The fraction of sp³-hybridized carbons (Fsp3) is 0.467. The minimum Gasteiger partial charge on any atom is -0.351 e. The van der Waals surface area contributed by atoms with Gasteiger partial charge in [-0.15, -0.1) is 0 Å². The summed E-state index contributed by atoms with van der Waals surface area (Å²) in [5.41, 5.74) is 1.73. The van der Waals surface area contributed by atoms with Crippen molar-refractivity contribution in [1.29, 1.82) is 5.26 Å². The predicted molar refractivity (Wildman–Crippen MR) is 73.2 cm³/mol. The van der Waals surface area contributed by atoms with Gasteiger partial charge in [-0.1, -0.05) is 12.1 Å². The summed E-state index contributed by atoms with van der Waals surface area (Å²) in [5, 5.41) is 11.9. The van der Waals surface area contributed by atoms with Gasteiger partial charge in [-0.3, -0.25) is 9.69 Å². The first kappa shape index (κ1) is 13.6. The van der Waals surface area contributed by atoms with Crippen LogP contribution in [0.1, 0.15) is 31.9 Å². The molecule has 0 spiro atoms. The van der Waals surface area contributed by atoms with Gasteiger partial charge in [-0.05, 0) is 38.5 Å². The molecule has 1 aromatic carbocycles. The number of hydrogen-bond acceptors (Lipinski definition) is 3. The molecular weight excluding hydrogens is 238 g/mol. The molecule has 0 bridgehead atoms. The van der Waals surface area contributed by atoms with Crippen LogP contribution in [-0.4, -0.2) is 28.9 Å². The first-order chi connectivity index (χ1) is 9.02. The van der Waals surface area contributed by atoms with E-state index in [4.69, 9.17) is 5.26 Å². The minimum atomic E-state index is -0.142. The van der Waals surface area contributed by atoms with Crippen molar-refractivity contribution >= 4 is 5.91 Å². The van der Waals surface area contributed by atoms with Gasteiger partial charge in [-0.25, -0.2) is 0 Å². The highest BCUT2D eigenvalue weighted by Crippen LogP contribution is 2.19. The van der Waals surface area contributed by atoms with E-state index in [-0.39, 0.29) is 24.0 Å². The minimum absolute atomic E-state index is 0.0713. The second-order valence-corrected chi connectivity index (χ2v) is 5.20. The number of hydrogen-bond donors (Lipinski definition) is 1. The number of rotatable bonds is 2. The van der Waals surface area contributed by atoms with Crippen molar-refractivity contribution in [2.24, 2.45) is 0 Å². The van der Waals surface area contributed by atoms with E-state index in [0.29, 0.717) is 12.1 Å². The molecule has 0 aromatic heterocycles. The molecule has 0 aliphatic carbocycles. The number of benzene rings is 1. The molecule has 0 unspecified atom stereocenters. The van der Waals surface area contributed by atoms with Crippen LogP contribution in [0.2, 0.25) is 0 Å². The Morgan fingerprint density at radius 2 is 2.11 bits per heavy atom. The maximum atomic E-state index is 11.9. The zero-order chi connectivity index (χ0) is 14.0. The second-order valence-electron chi connectivity index (χ2n) is 5.20. The summed E-state index contributed by atoms with van der Waals surface area (Å²) in [6, 6.07) is 9.99. The third-order valence-electron chi connectivity index (χ3n) is 3.91. The van der Waals surface area contributed by atoms with Crippen molar-refractivity contribution in [2.75, 3.05) is 0 Å². The van der Waals surface area contributed by atoms with Crippen LogP contribution >= 0.6 is 0 Å². The second kappa shape index (κ2) is 5.41. The fourth-order valence-corrected chi connectivity index (χ4v) is 2.49. The van der Waals surface area contributed by atoms with Crippen LogP contribution in [0, 0.1) is 11.3 Å². The van der Waals surface area contributed by atoms with E-state index >= 15 is 0 Å². The number of nitrogens with zero attached hydrogens (tertiary/aromatic N) is 2. The lowest BCUT2D eigenvalue weighted by atomic mass is 10.0. The maximum Gasteiger partial charge on any atom is 0.237 e. The van der Waals surface area contributed by atoms with E-state index < -0.39 is 0 Å². The van der Waals surface area contributed by atoms with E-state index in [1.54, 1.807) is 6.07 Å². The van der Waals surface area contributed by atoms with E-state index in [1.165, 1.54) is 0 Å². The van der Waals surface area contributed by atoms with Crippen LogP contribution in [0.25, 0.3) is 0 Å². The third-order valence-corrected chi connectivity index (χ3v) is 3.91. The molecule has 1 aliphatic rings. The summed E-state index contributed by atoms with van der Waals surface area (Å²) in [5.74, 6) is 0.0713. The molecule has 4 heteroatoms. The number of nitrogens with one attached hydrogen (secondary N) is 1. The first-order valence-electron chi connectivity index (χ1n) is 6.58. The lowest BCUT2D eigenvalue weighted by molar-refractivity contribution is -0.132. The molecular formula is C15H19N3O. The normalized spacial score (nSPS) is 27.7. The molecule has 2 rings (SSSR count). The van der Waals surface area contributed by atoms with Gasteiger partial charge in [0.05, 0.1) is 17.7 Å². The highest BCUT2D eigenvalue weighted by atomic mass is 16.2. The van der Waals surface area contributed by atoms with E-state index in [0.717, 1.165) is 5.56 Å². The van der Waals surface area contributed by atoms with Gasteiger partial charge < -0.3 is 5.32 Å². The maximum absolute atomic E-state index is 11.9. The largest absolute Gasteiger partial charge is 0.351 e. The van der Waals surface area contributed by atoms with Crippen molar-refractivity contribution in [3.63, 3.8) is 0 Å². The Hall–Kier alpha value is -1.86. The van der Waals surface area contributed by atoms with Crippen LogP contribution < -0.4 is 5.32 Å². The molecule has 4 nitrogen and oxygen atoms in total. The molecule has 3 atom stereocenters. The third kappa shape index (κ3) is 2.77. The molecule has 0 radical (unpaired) electrons. The van der Waals surface area contributed by atoms with Crippen LogP contribution in [-0.2, 0) is 11.3 Å². The highest BCUT2D eigenvalue weighted by molar-refractivity contribution is 5.82. The monoisotopic (exact) mass is 257 g/mol. The molecule has 1 N–H and O–H groups in total. The van der Waals surface area contributed by atoms with Gasteiger partial charge >= 0.3 is 0 Å². The van der Waals surface area contributed by atoms with Gasteiger partial charge in [0.1, 0.15) is 0 Å². The molecule has 1 aromatic rings. The van der Waals surface area contributed by atoms with Crippen molar-refractivity contribution in [2.45, 2.75) is 45.4 Å².